The third-order valence-corrected chi connectivity index (χ3v) is 4.49. The molecule has 0 aromatic heterocycles. The average molecular weight is 357 g/mol. The van der Waals surface area contributed by atoms with Gasteiger partial charge in [0, 0.05) is 33.6 Å². The zero-order chi connectivity index (χ0) is 19.1. The van der Waals surface area contributed by atoms with Crippen LogP contribution in [0.3, 0.4) is 0 Å². The number of ketones is 2. The number of carbonyl (C=O) groups is 3. The molecule has 3 aromatic carbocycles. The fourth-order valence-electron chi connectivity index (χ4n) is 3.20. The molecule has 1 aliphatic carbocycles. The molecule has 6 heteroatoms. The molecule has 0 atom stereocenters. The van der Waals surface area contributed by atoms with E-state index in [4.69, 9.17) is 5.73 Å². The number of rotatable bonds is 3. The van der Waals surface area contributed by atoms with E-state index in [0.717, 1.165) is 0 Å². The lowest BCUT2D eigenvalue weighted by atomic mass is 9.82. The topological polar surface area (TPSA) is 112 Å². The molecule has 0 amide bonds. The second kappa shape index (κ2) is 6.10. The van der Waals surface area contributed by atoms with Crippen molar-refractivity contribution >= 4 is 34.6 Å². The molecule has 0 aliphatic heterocycles. The van der Waals surface area contributed by atoms with Gasteiger partial charge in [0.15, 0.2) is 11.6 Å². The Kier molecular flexibility index (Phi) is 3.74. The van der Waals surface area contributed by atoms with Crippen molar-refractivity contribution in [3.63, 3.8) is 0 Å². The summed E-state index contributed by atoms with van der Waals surface area (Å²) in [6.45, 7) is 0. The van der Waals surface area contributed by atoms with E-state index in [1.54, 1.807) is 48.5 Å². The molecule has 0 spiro atoms. The number of carboxylic acid groups (broad SMARTS) is 1. The zero-order valence-corrected chi connectivity index (χ0v) is 14.0. The zero-order valence-electron chi connectivity index (χ0n) is 14.0. The van der Waals surface area contributed by atoms with Crippen molar-refractivity contribution in [3.05, 3.63) is 88.5 Å². The predicted octanol–water partition coefficient (Wildman–Crippen LogP) is 2.15. The van der Waals surface area contributed by atoms with Crippen molar-refractivity contribution in [2.45, 2.75) is 0 Å². The maximum absolute atomic E-state index is 13.1. The first kappa shape index (κ1) is 16.5. The predicted molar refractivity (Wildman–Crippen MR) is 98.2 cm³/mol. The molecule has 0 unspecified atom stereocenters. The highest BCUT2D eigenvalue weighted by Gasteiger charge is 2.32. The Bertz CT molecular complexity index is 1120. The molecule has 0 saturated heterocycles. The Labute approximate surface area is 154 Å². The number of benzene rings is 3. The summed E-state index contributed by atoms with van der Waals surface area (Å²) in [5.41, 5.74) is 7.29. The second-order valence-electron chi connectivity index (χ2n) is 6.15. The van der Waals surface area contributed by atoms with Crippen LogP contribution in [0, 0.1) is 0 Å². The number of hydrogen-bond donors (Lipinski definition) is 2. The van der Waals surface area contributed by atoms with Crippen molar-refractivity contribution in [2.75, 3.05) is 11.1 Å². The van der Waals surface area contributed by atoms with Crippen LogP contribution in [0.25, 0.3) is 0 Å². The van der Waals surface area contributed by atoms with Crippen LogP contribution in [-0.4, -0.2) is 17.5 Å². The Morgan fingerprint density at radius 2 is 1.44 bits per heavy atom. The fourth-order valence-corrected chi connectivity index (χ4v) is 3.20. The normalized spacial score (nSPS) is 12.3. The molecule has 4 rings (SSSR count). The minimum absolute atomic E-state index is 0.0252. The van der Waals surface area contributed by atoms with E-state index in [0.29, 0.717) is 16.9 Å². The molecule has 0 bridgehead atoms. The molecule has 0 heterocycles. The van der Waals surface area contributed by atoms with E-state index in [-0.39, 0.29) is 33.7 Å². The van der Waals surface area contributed by atoms with Crippen LogP contribution in [0.2, 0.25) is 0 Å². The van der Waals surface area contributed by atoms with E-state index < -0.39 is 11.8 Å². The number of carboxylic acids is 1. The van der Waals surface area contributed by atoms with Crippen LogP contribution in [0.5, 0.6) is 0 Å². The highest BCUT2D eigenvalue weighted by Crippen LogP contribution is 2.35. The minimum Gasteiger partial charge on any atom is -0.545 e. The Morgan fingerprint density at radius 1 is 0.815 bits per heavy atom. The van der Waals surface area contributed by atoms with Gasteiger partial charge in [-0.05, 0) is 30.3 Å². The summed E-state index contributed by atoms with van der Waals surface area (Å²) in [5.74, 6) is -2.19. The summed E-state index contributed by atoms with van der Waals surface area (Å²) in [7, 11) is 0. The first-order valence-corrected chi connectivity index (χ1v) is 8.16. The number of hydrogen-bond acceptors (Lipinski definition) is 6. The summed E-state index contributed by atoms with van der Waals surface area (Å²) in [4.78, 5) is 37.5. The van der Waals surface area contributed by atoms with Crippen LogP contribution in [0.1, 0.15) is 42.2 Å². The molecule has 6 nitrogen and oxygen atoms in total. The van der Waals surface area contributed by atoms with Gasteiger partial charge in [-0.15, -0.1) is 0 Å². The second-order valence-corrected chi connectivity index (χ2v) is 6.15. The minimum atomic E-state index is -1.45. The van der Waals surface area contributed by atoms with Crippen molar-refractivity contribution in [1.82, 2.24) is 0 Å². The van der Waals surface area contributed by atoms with Gasteiger partial charge in [0.05, 0.1) is 17.2 Å². The standard InChI is InChI=1S/C21H14N2O4/c22-11-5-7-12(8-6-11)23-18-16(21(26)27)10-9-15-17(18)20(25)14-4-2-1-3-13(14)19(15)24/h1-10,23H,22H2,(H,26,27)/p-1. The molecule has 0 radical (unpaired) electrons. The van der Waals surface area contributed by atoms with Crippen LogP contribution < -0.4 is 16.2 Å². The third-order valence-electron chi connectivity index (χ3n) is 4.49. The maximum atomic E-state index is 13.1. The fraction of sp³-hybridized carbons (Fsp3) is 0. The molecular weight excluding hydrogens is 344 g/mol. The molecule has 1 aliphatic rings. The highest BCUT2D eigenvalue weighted by atomic mass is 16.4. The summed E-state index contributed by atoms with van der Waals surface area (Å²) in [6, 6.07) is 15.7. The van der Waals surface area contributed by atoms with Gasteiger partial charge in [-0.2, -0.15) is 0 Å². The first-order valence-electron chi connectivity index (χ1n) is 8.16. The molecule has 3 N–H and O–H groups in total. The van der Waals surface area contributed by atoms with E-state index in [1.165, 1.54) is 12.1 Å². The summed E-state index contributed by atoms with van der Waals surface area (Å²) >= 11 is 0. The maximum Gasteiger partial charge on any atom is 0.196 e. The molecule has 3 aromatic rings. The van der Waals surface area contributed by atoms with Crippen molar-refractivity contribution in [1.29, 1.82) is 0 Å². The summed E-state index contributed by atoms with van der Waals surface area (Å²) in [5, 5.41) is 14.6. The van der Waals surface area contributed by atoms with Crippen LogP contribution in [-0.2, 0) is 0 Å². The Balaban J connectivity index is 1.94. The molecule has 0 fully saturated rings. The van der Waals surface area contributed by atoms with Crippen LogP contribution in [0.15, 0.2) is 60.7 Å². The molecule has 0 saturated carbocycles. The van der Waals surface area contributed by atoms with Gasteiger partial charge >= 0.3 is 0 Å². The number of nitrogens with one attached hydrogen (secondary N) is 1. The van der Waals surface area contributed by atoms with Gasteiger partial charge in [0.2, 0.25) is 0 Å². The molecular formula is C21H13N2O4-. The highest BCUT2D eigenvalue weighted by molar-refractivity contribution is 6.31. The lowest BCUT2D eigenvalue weighted by molar-refractivity contribution is -0.254. The Hall–Kier alpha value is -3.93. The van der Waals surface area contributed by atoms with E-state index in [9.17, 15) is 19.5 Å². The van der Waals surface area contributed by atoms with Gasteiger partial charge < -0.3 is 21.0 Å². The van der Waals surface area contributed by atoms with Crippen molar-refractivity contribution in [2.24, 2.45) is 0 Å². The van der Waals surface area contributed by atoms with E-state index in [2.05, 4.69) is 5.32 Å². The lowest BCUT2D eigenvalue weighted by Crippen LogP contribution is -2.27. The molecule has 27 heavy (non-hydrogen) atoms. The Morgan fingerprint density at radius 3 is 2.07 bits per heavy atom. The average Bonchev–Trinajstić information content (AvgIpc) is 2.67. The van der Waals surface area contributed by atoms with Gasteiger partial charge in [-0.3, -0.25) is 9.59 Å². The number of nitrogen functional groups attached to an aromatic ring is 1. The summed E-state index contributed by atoms with van der Waals surface area (Å²) in [6.07, 6.45) is 0. The molecule has 132 valence electrons. The van der Waals surface area contributed by atoms with Crippen LogP contribution in [0.4, 0.5) is 17.1 Å². The van der Waals surface area contributed by atoms with Crippen molar-refractivity contribution < 1.29 is 19.5 Å². The van der Waals surface area contributed by atoms with Gasteiger partial charge in [-0.1, -0.05) is 30.3 Å². The van der Waals surface area contributed by atoms with Crippen molar-refractivity contribution in [3.8, 4) is 0 Å². The first-order chi connectivity index (χ1) is 13.0. The number of carbonyl (C=O) groups excluding carboxylic acids is 3. The number of aromatic carboxylic acids is 1. The van der Waals surface area contributed by atoms with E-state index in [1.807, 2.05) is 0 Å². The lowest BCUT2D eigenvalue weighted by Gasteiger charge is -2.23. The number of anilines is 3. The smallest absolute Gasteiger partial charge is 0.196 e. The quantitative estimate of drug-likeness (QED) is 0.543. The monoisotopic (exact) mass is 357 g/mol. The largest absolute Gasteiger partial charge is 0.545 e. The van der Waals surface area contributed by atoms with Gasteiger partial charge in [-0.25, -0.2) is 0 Å². The number of fused-ring (bicyclic) bond motifs is 2. The number of nitrogens with two attached hydrogens (primary N) is 1. The third kappa shape index (κ3) is 2.64. The summed E-state index contributed by atoms with van der Waals surface area (Å²) < 4.78 is 0. The van der Waals surface area contributed by atoms with E-state index >= 15 is 0 Å². The van der Waals surface area contributed by atoms with Gasteiger partial charge in [0.1, 0.15) is 0 Å². The van der Waals surface area contributed by atoms with Crippen LogP contribution >= 0.6 is 0 Å². The van der Waals surface area contributed by atoms with Gasteiger partial charge in [0.25, 0.3) is 0 Å². The SMILES string of the molecule is Nc1ccc(Nc2c(C(=O)[O-])ccc3c2C(=O)c2ccccc2C3=O)cc1.